The van der Waals surface area contributed by atoms with Crippen molar-refractivity contribution < 1.29 is 0 Å². The van der Waals surface area contributed by atoms with Crippen molar-refractivity contribution in [2.45, 2.75) is 0 Å². The van der Waals surface area contributed by atoms with E-state index in [-0.39, 0.29) is 0 Å². The Labute approximate surface area is 371 Å². The molecule has 0 unspecified atom stereocenters. The van der Waals surface area contributed by atoms with Gasteiger partial charge >= 0.3 is 0 Å². The maximum Gasteiger partial charge on any atom is 0.0619 e. The Kier molecular flexibility index (Phi) is 7.94. The van der Waals surface area contributed by atoms with Crippen LogP contribution in [0, 0.1) is 0 Å². The van der Waals surface area contributed by atoms with Gasteiger partial charge in [-0.1, -0.05) is 177 Å². The molecule has 2 aromatic heterocycles. The van der Waals surface area contributed by atoms with E-state index in [4.69, 9.17) is 0 Å². The molecule has 0 saturated heterocycles. The Bertz CT molecular complexity index is 3920. The van der Waals surface area contributed by atoms with Gasteiger partial charge in [-0.15, -0.1) is 0 Å². The molecule has 1 aliphatic carbocycles. The molecule has 0 fully saturated rings. The maximum atomic E-state index is 4.13. The van der Waals surface area contributed by atoms with Gasteiger partial charge in [0.15, 0.2) is 0 Å². The van der Waals surface area contributed by atoms with Crippen LogP contribution in [0.15, 0.2) is 232 Å². The molecule has 2 nitrogen and oxygen atoms in total. The number of fused-ring (bicyclic) bond motifs is 8. The molecule has 1 aliphatic rings. The van der Waals surface area contributed by atoms with Crippen molar-refractivity contribution in [1.82, 2.24) is 9.13 Å². The summed E-state index contributed by atoms with van der Waals surface area (Å²) in [7, 11) is 0. The van der Waals surface area contributed by atoms with Gasteiger partial charge in [0.25, 0.3) is 0 Å². The fraction of sp³-hybridized carbons (Fsp3) is 0. The summed E-state index contributed by atoms with van der Waals surface area (Å²) in [5, 5.41) is 9.98. The molecule has 12 aromatic rings. The number of aromatic nitrogens is 2. The molecule has 2 heteroatoms. The Morgan fingerprint density at radius 2 is 0.844 bits per heavy atom. The van der Waals surface area contributed by atoms with E-state index in [1.807, 2.05) is 12.2 Å². The molecule has 0 bridgehead atoms. The van der Waals surface area contributed by atoms with Crippen LogP contribution in [0.25, 0.3) is 121 Å². The van der Waals surface area contributed by atoms with Gasteiger partial charge in [-0.3, -0.25) is 0 Å². The minimum absolute atomic E-state index is 1.14. The number of para-hydroxylation sites is 1. The van der Waals surface area contributed by atoms with Gasteiger partial charge in [0, 0.05) is 38.3 Å². The largest absolute Gasteiger partial charge is 0.309 e. The highest BCUT2D eigenvalue weighted by atomic mass is 15.0. The smallest absolute Gasteiger partial charge is 0.0619 e. The number of benzene rings is 10. The topological polar surface area (TPSA) is 9.86 Å². The third-order valence-electron chi connectivity index (χ3n) is 13.6. The molecule has 2 heterocycles. The van der Waals surface area contributed by atoms with Crippen LogP contribution < -0.4 is 0 Å². The van der Waals surface area contributed by atoms with Crippen LogP contribution in [0.4, 0.5) is 0 Å². The first kappa shape index (κ1) is 36.2. The average molecular weight is 813 g/mol. The van der Waals surface area contributed by atoms with Crippen molar-refractivity contribution in [1.29, 1.82) is 0 Å². The number of hydrogen-bond acceptors (Lipinski definition) is 0. The maximum absolute atomic E-state index is 4.13. The van der Waals surface area contributed by atoms with Crippen LogP contribution in [-0.2, 0) is 0 Å². The lowest BCUT2D eigenvalue weighted by molar-refractivity contribution is 1.18. The third kappa shape index (κ3) is 5.27. The van der Waals surface area contributed by atoms with Crippen LogP contribution in [0.5, 0.6) is 0 Å². The summed E-state index contributed by atoms with van der Waals surface area (Å²) < 4.78 is 4.86. The van der Waals surface area contributed by atoms with E-state index in [0.29, 0.717) is 0 Å². The second kappa shape index (κ2) is 14.0. The average Bonchev–Trinajstić information content (AvgIpc) is 4.00. The summed E-state index contributed by atoms with van der Waals surface area (Å²) in [4.78, 5) is 0. The molecule has 64 heavy (non-hydrogen) atoms. The summed E-state index contributed by atoms with van der Waals surface area (Å²) in [5.41, 5.74) is 19.1. The summed E-state index contributed by atoms with van der Waals surface area (Å²) in [6.07, 6.45) is 3.92. The molecule has 10 aromatic carbocycles. The molecule has 298 valence electrons. The zero-order valence-corrected chi connectivity index (χ0v) is 35.1. The second-order valence-corrected chi connectivity index (χ2v) is 16.9. The Hall–Kier alpha value is -8.46. The molecule has 13 rings (SSSR count). The van der Waals surface area contributed by atoms with Gasteiger partial charge in [0.2, 0.25) is 0 Å². The molecule has 0 aliphatic heterocycles. The Balaban J connectivity index is 0.919. The van der Waals surface area contributed by atoms with Crippen LogP contribution in [0.3, 0.4) is 0 Å². The summed E-state index contributed by atoms with van der Waals surface area (Å²) >= 11 is 0. The van der Waals surface area contributed by atoms with Crippen molar-refractivity contribution in [2.24, 2.45) is 0 Å². The molecule has 0 spiro atoms. The minimum Gasteiger partial charge on any atom is -0.309 e. The summed E-state index contributed by atoms with van der Waals surface area (Å²) in [6.45, 7) is 8.26. The number of hydrogen-bond donors (Lipinski definition) is 0. The quantitative estimate of drug-likeness (QED) is 0.152. The van der Waals surface area contributed by atoms with Gasteiger partial charge in [-0.05, 0) is 126 Å². The number of nitrogens with zero attached hydrogens (tertiary/aromatic N) is 2. The second-order valence-electron chi connectivity index (χ2n) is 16.9. The van der Waals surface area contributed by atoms with Crippen LogP contribution in [0.2, 0.25) is 0 Å². The zero-order chi connectivity index (χ0) is 42.5. The fourth-order valence-electron chi connectivity index (χ4n) is 10.7. The van der Waals surface area contributed by atoms with E-state index in [2.05, 4.69) is 229 Å². The Morgan fingerprint density at radius 1 is 0.312 bits per heavy atom. The zero-order valence-electron chi connectivity index (χ0n) is 35.1. The van der Waals surface area contributed by atoms with E-state index in [9.17, 15) is 0 Å². The van der Waals surface area contributed by atoms with Gasteiger partial charge in [0.05, 0.1) is 22.1 Å². The van der Waals surface area contributed by atoms with E-state index in [1.165, 1.54) is 110 Å². The van der Waals surface area contributed by atoms with Gasteiger partial charge in [0.1, 0.15) is 0 Å². The van der Waals surface area contributed by atoms with Crippen LogP contribution >= 0.6 is 0 Å². The van der Waals surface area contributed by atoms with Crippen molar-refractivity contribution in [3.05, 3.63) is 243 Å². The molecule has 0 radical (unpaired) electrons. The van der Waals surface area contributed by atoms with Crippen molar-refractivity contribution in [3.8, 4) is 44.8 Å². The fourth-order valence-corrected chi connectivity index (χ4v) is 10.7. The first-order valence-corrected chi connectivity index (χ1v) is 22.0. The summed E-state index contributed by atoms with van der Waals surface area (Å²) in [6, 6.07) is 75.9. The molecule has 0 saturated carbocycles. The van der Waals surface area contributed by atoms with E-state index < -0.39 is 0 Å². The first-order valence-electron chi connectivity index (χ1n) is 22.0. The molecule has 0 atom stereocenters. The lowest BCUT2D eigenvalue weighted by Gasteiger charge is -2.13. The van der Waals surface area contributed by atoms with E-state index in [0.717, 1.165) is 22.5 Å². The number of rotatable bonds is 7. The normalized spacial score (nSPS) is 12.4. The van der Waals surface area contributed by atoms with Crippen LogP contribution in [0.1, 0.15) is 11.1 Å². The highest BCUT2D eigenvalue weighted by molar-refractivity contribution is 6.21. The molecule has 0 amide bonds. The standard InChI is InChI=1S/C62H40N2/c1-3-47-48(4-2)54-34-33-49(53-19-12-18-52(47)61(53)54)42-23-30-45(31-24-42)63-58-20-11-10-17-51(58)56-37-43(26-35-59(56)63)44-27-36-60-57(38-44)55-32-25-41-15-8-9-16-50(41)62(55)64(60)46-28-21-40(22-29-46)39-13-6-5-7-14-39/h3-38H,1-2H2. The highest BCUT2D eigenvalue weighted by Gasteiger charge is 2.23. The van der Waals surface area contributed by atoms with E-state index >= 15 is 0 Å². The SMILES string of the molecule is C=CC1=C(C=C)c2ccc(-c3ccc(-n4c5ccccc5c5cc(-c6ccc7c(c6)c6ccc8ccccc8c6n7-c6ccc(-c7ccccc7)cc6)ccc54)cc3)c3cccc1c23. The van der Waals surface area contributed by atoms with Crippen molar-refractivity contribution in [3.63, 3.8) is 0 Å². The Morgan fingerprint density at radius 3 is 1.58 bits per heavy atom. The lowest BCUT2D eigenvalue weighted by atomic mass is 9.93. The highest BCUT2D eigenvalue weighted by Crippen LogP contribution is 2.46. The molecular formula is C62H40N2. The molecule has 0 N–H and O–H groups in total. The first-order chi connectivity index (χ1) is 31.7. The van der Waals surface area contributed by atoms with Gasteiger partial charge in [-0.2, -0.15) is 0 Å². The lowest BCUT2D eigenvalue weighted by Crippen LogP contribution is -1.95. The van der Waals surface area contributed by atoms with E-state index in [1.54, 1.807) is 0 Å². The van der Waals surface area contributed by atoms with Gasteiger partial charge in [-0.25, -0.2) is 0 Å². The summed E-state index contributed by atoms with van der Waals surface area (Å²) in [5.74, 6) is 0. The molecular weight excluding hydrogens is 773 g/mol. The number of allylic oxidation sites excluding steroid dienone is 4. The van der Waals surface area contributed by atoms with Gasteiger partial charge < -0.3 is 9.13 Å². The van der Waals surface area contributed by atoms with Crippen molar-refractivity contribution in [2.75, 3.05) is 0 Å². The van der Waals surface area contributed by atoms with Crippen LogP contribution in [-0.4, -0.2) is 9.13 Å². The van der Waals surface area contributed by atoms with Crippen molar-refractivity contribution >= 4 is 76.3 Å². The minimum atomic E-state index is 1.14. The third-order valence-corrected chi connectivity index (χ3v) is 13.6. The monoisotopic (exact) mass is 812 g/mol. The predicted octanol–water partition coefficient (Wildman–Crippen LogP) is 16.8. The predicted molar refractivity (Wildman–Crippen MR) is 274 cm³/mol.